The zero-order valence-electron chi connectivity index (χ0n) is 12.0. The van der Waals surface area contributed by atoms with Crippen LogP contribution in [0, 0.1) is 25.7 Å². The number of nitrogens with one attached hydrogen (secondary N) is 1. The molecular formula is C17H16N2O2. The van der Waals surface area contributed by atoms with Crippen LogP contribution in [0.3, 0.4) is 0 Å². The molecule has 21 heavy (non-hydrogen) atoms. The van der Waals surface area contributed by atoms with Gasteiger partial charge in [-0.05, 0) is 43.2 Å². The van der Waals surface area contributed by atoms with Crippen LogP contribution in [0.2, 0.25) is 0 Å². The van der Waals surface area contributed by atoms with Gasteiger partial charge in [0.1, 0.15) is 6.61 Å². The van der Waals surface area contributed by atoms with Crippen molar-refractivity contribution in [2.45, 2.75) is 13.8 Å². The van der Waals surface area contributed by atoms with E-state index in [9.17, 15) is 4.79 Å². The Morgan fingerprint density at radius 3 is 2.57 bits per heavy atom. The summed E-state index contributed by atoms with van der Waals surface area (Å²) in [5.41, 5.74) is 3.96. The number of amides is 1. The average molecular weight is 280 g/mol. The summed E-state index contributed by atoms with van der Waals surface area (Å²) in [6, 6.07) is 7.51. The van der Waals surface area contributed by atoms with Crippen molar-refractivity contribution in [2.24, 2.45) is 0 Å². The van der Waals surface area contributed by atoms with Crippen LogP contribution in [0.15, 0.2) is 36.7 Å². The van der Waals surface area contributed by atoms with Gasteiger partial charge >= 0.3 is 0 Å². The number of aliphatic hydroxyl groups excluding tert-OH is 1. The van der Waals surface area contributed by atoms with Crippen molar-refractivity contribution >= 4 is 11.6 Å². The van der Waals surface area contributed by atoms with Crippen molar-refractivity contribution in [3.63, 3.8) is 0 Å². The minimum absolute atomic E-state index is 0.223. The van der Waals surface area contributed by atoms with Crippen molar-refractivity contribution in [1.82, 2.24) is 4.98 Å². The summed E-state index contributed by atoms with van der Waals surface area (Å²) in [5.74, 6) is 5.02. The van der Waals surface area contributed by atoms with E-state index in [1.165, 1.54) is 6.20 Å². The van der Waals surface area contributed by atoms with Crippen LogP contribution >= 0.6 is 0 Å². The lowest BCUT2D eigenvalue weighted by Crippen LogP contribution is -2.12. The van der Waals surface area contributed by atoms with E-state index in [2.05, 4.69) is 22.1 Å². The normalized spacial score (nSPS) is 9.67. The highest BCUT2D eigenvalue weighted by Gasteiger charge is 2.07. The van der Waals surface area contributed by atoms with Crippen LogP contribution in [0.25, 0.3) is 0 Å². The SMILES string of the molecule is Cc1cc(C)cc(NC(=O)c2cncc(C#CCO)c2)c1. The molecule has 2 N–H and O–H groups in total. The Kier molecular flexibility index (Phi) is 4.70. The van der Waals surface area contributed by atoms with Crippen molar-refractivity contribution in [3.05, 3.63) is 58.9 Å². The number of anilines is 1. The molecule has 2 aromatic rings. The summed E-state index contributed by atoms with van der Waals surface area (Å²) >= 11 is 0. The van der Waals surface area contributed by atoms with E-state index in [1.54, 1.807) is 12.3 Å². The number of benzene rings is 1. The second-order valence-corrected chi connectivity index (χ2v) is 4.75. The van der Waals surface area contributed by atoms with Crippen LogP contribution in [-0.4, -0.2) is 22.6 Å². The molecule has 1 aromatic carbocycles. The summed E-state index contributed by atoms with van der Waals surface area (Å²) in [7, 11) is 0. The van der Waals surface area contributed by atoms with E-state index in [0.717, 1.165) is 16.8 Å². The first-order valence-electron chi connectivity index (χ1n) is 6.53. The number of aromatic nitrogens is 1. The Morgan fingerprint density at radius 1 is 1.19 bits per heavy atom. The van der Waals surface area contributed by atoms with E-state index in [-0.39, 0.29) is 12.5 Å². The molecule has 0 aliphatic carbocycles. The van der Waals surface area contributed by atoms with Crippen LogP contribution in [-0.2, 0) is 0 Å². The largest absolute Gasteiger partial charge is 0.384 e. The maximum atomic E-state index is 12.2. The summed E-state index contributed by atoms with van der Waals surface area (Å²) in [6.45, 7) is 3.74. The van der Waals surface area contributed by atoms with Crippen molar-refractivity contribution in [3.8, 4) is 11.8 Å². The number of rotatable bonds is 2. The second-order valence-electron chi connectivity index (χ2n) is 4.75. The number of hydrogen-bond donors (Lipinski definition) is 2. The zero-order chi connectivity index (χ0) is 15.2. The predicted octanol–water partition coefficient (Wildman–Crippen LogP) is 2.29. The molecular weight excluding hydrogens is 264 g/mol. The lowest BCUT2D eigenvalue weighted by molar-refractivity contribution is 0.102. The summed E-state index contributed by atoms with van der Waals surface area (Å²) in [5, 5.41) is 11.5. The summed E-state index contributed by atoms with van der Waals surface area (Å²) in [4.78, 5) is 16.2. The zero-order valence-corrected chi connectivity index (χ0v) is 12.0. The van der Waals surface area contributed by atoms with Crippen LogP contribution in [0.1, 0.15) is 27.0 Å². The number of pyridine rings is 1. The molecule has 0 aliphatic rings. The molecule has 0 saturated carbocycles. The van der Waals surface area contributed by atoms with Crippen LogP contribution < -0.4 is 5.32 Å². The van der Waals surface area contributed by atoms with E-state index in [0.29, 0.717) is 11.1 Å². The van der Waals surface area contributed by atoms with Gasteiger partial charge in [-0.3, -0.25) is 9.78 Å². The molecule has 4 heteroatoms. The quantitative estimate of drug-likeness (QED) is 0.830. The van der Waals surface area contributed by atoms with Crippen molar-refractivity contribution < 1.29 is 9.90 Å². The van der Waals surface area contributed by atoms with E-state index >= 15 is 0 Å². The van der Waals surface area contributed by atoms with Crippen molar-refractivity contribution in [1.29, 1.82) is 0 Å². The van der Waals surface area contributed by atoms with Gasteiger partial charge in [0.15, 0.2) is 0 Å². The van der Waals surface area contributed by atoms with Gasteiger partial charge in [0.25, 0.3) is 5.91 Å². The van der Waals surface area contributed by atoms with Gasteiger partial charge in [-0.1, -0.05) is 17.9 Å². The molecule has 0 bridgehead atoms. The average Bonchev–Trinajstić information content (AvgIpc) is 2.44. The Morgan fingerprint density at radius 2 is 1.90 bits per heavy atom. The Hall–Kier alpha value is -2.64. The third-order valence-corrected chi connectivity index (χ3v) is 2.79. The number of carbonyl (C=O) groups is 1. The maximum absolute atomic E-state index is 12.2. The Balaban J connectivity index is 2.20. The first kappa shape index (κ1) is 14.8. The molecule has 1 amide bonds. The van der Waals surface area contributed by atoms with Gasteiger partial charge in [0.2, 0.25) is 0 Å². The van der Waals surface area contributed by atoms with Gasteiger partial charge in [-0.15, -0.1) is 0 Å². The van der Waals surface area contributed by atoms with Crippen LogP contribution in [0.4, 0.5) is 5.69 Å². The fourth-order valence-electron chi connectivity index (χ4n) is 2.02. The van der Waals surface area contributed by atoms with Crippen molar-refractivity contribution in [2.75, 3.05) is 11.9 Å². The predicted molar refractivity (Wildman–Crippen MR) is 82.1 cm³/mol. The van der Waals surface area contributed by atoms with Gasteiger partial charge in [-0.2, -0.15) is 0 Å². The standard InChI is InChI=1S/C17H16N2O2/c1-12-6-13(2)8-16(7-12)19-17(21)15-9-14(4-3-5-20)10-18-11-15/h6-11,20H,5H2,1-2H3,(H,19,21). The number of nitrogens with zero attached hydrogens (tertiary/aromatic N) is 1. The highest BCUT2D eigenvalue weighted by molar-refractivity contribution is 6.04. The molecule has 106 valence electrons. The fourth-order valence-corrected chi connectivity index (χ4v) is 2.02. The molecule has 2 rings (SSSR count). The lowest BCUT2D eigenvalue weighted by Gasteiger charge is -2.07. The maximum Gasteiger partial charge on any atom is 0.257 e. The Bertz CT molecular complexity index is 707. The topological polar surface area (TPSA) is 62.2 Å². The monoisotopic (exact) mass is 280 g/mol. The van der Waals surface area contributed by atoms with E-state index in [1.807, 2.05) is 32.0 Å². The number of aliphatic hydroxyl groups is 1. The first-order chi connectivity index (χ1) is 10.1. The molecule has 0 spiro atoms. The van der Waals surface area contributed by atoms with E-state index in [4.69, 9.17) is 5.11 Å². The molecule has 0 saturated heterocycles. The highest BCUT2D eigenvalue weighted by Crippen LogP contribution is 2.15. The Labute approximate surface area is 123 Å². The molecule has 0 unspecified atom stereocenters. The first-order valence-corrected chi connectivity index (χ1v) is 6.53. The smallest absolute Gasteiger partial charge is 0.257 e. The van der Waals surface area contributed by atoms with E-state index < -0.39 is 0 Å². The second kappa shape index (κ2) is 6.69. The minimum Gasteiger partial charge on any atom is -0.384 e. The minimum atomic E-state index is -0.236. The molecule has 0 aliphatic heterocycles. The third kappa shape index (κ3) is 4.16. The highest BCUT2D eigenvalue weighted by atomic mass is 16.2. The number of hydrogen-bond acceptors (Lipinski definition) is 3. The van der Waals surface area contributed by atoms with Gasteiger partial charge < -0.3 is 10.4 Å². The van der Waals surface area contributed by atoms with Crippen LogP contribution in [0.5, 0.6) is 0 Å². The van der Waals surface area contributed by atoms with Gasteiger partial charge in [-0.25, -0.2) is 0 Å². The summed E-state index contributed by atoms with van der Waals surface area (Å²) in [6.07, 6.45) is 3.04. The number of carbonyl (C=O) groups excluding carboxylic acids is 1. The number of aryl methyl sites for hydroxylation is 2. The summed E-state index contributed by atoms with van der Waals surface area (Å²) < 4.78 is 0. The van der Waals surface area contributed by atoms with Gasteiger partial charge in [0, 0.05) is 23.6 Å². The van der Waals surface area contributed by atoms with Gasteiger partial charge in [0.05, 0.1) is 5.56 Å². The lowest BCUT2D eigenvalue weighted by atomic mass is 10.1. The molecule has 0 atom stereocenters. The molecule has 4 nitrogen and oxygen atoms in total. The molecule has 1 aromatic heterocycles. The third-order valence-electron chi connectivity index (χ3n) is 2.79. The molecule has 1 heterocycles. The molecule has 0 radical (unpaired) electrons. The molecule has 0 fully saturated rings. The fraction of sp³-hybridized carbons (Fsp3) is 0.176.